The Morgan fingerprint density at radius 2 is 1.28 bits per heavy atom. The smallest absolute Gasteiger partial charge is 0.0613 e. The minimum atomic E-state index is 0.313. The van der Waals surface area contributed by atoms with E-state index in [4.69, 9.17) is 9.97 Å². The molecule has 4 aliphatic heterocycles. The number of hydrogen-bond acceptors (Lipinski definition) is 10. The molecule has 0 spiro atoms. The molecule has 7 aliphatic rings. The van der Waals surface area contributed by atoms with Crippen LogP contribution in [0.25, 0.3) is 0 Å². The number of pyridine rings is 2. The van der Waals surface area contributed by atoms with E-state index in [0.29, 0.717) is 36.1 Å². The summed E-state index contributed by atoms with van der Waals surface area (Å²) in [5, 5.41) is 8.01. The fraction of sp³-hybridized carbons (Fsp3) is 0.593. The average Bonchev–Trinajstić information content (AvgIpc) is 4.19. The number of likely N-dealkylation sites (N-methyl/N-ethyl adjacent to an activating group) is 2. The first-order valence-corrected chi connectivity index (χ1v) is 25.3. The van der Waals surface area contributed by atoms with Crippen molar-refractivity contribution in [2.24, 2.45) is 0 Å². The molecule has 4 aromatic rings. The van der Waals surface area contributed by atoms with Crippen molar-refractivity contribution >= 4 is 11.4 Å². The molecule has 2 N–H and O–H groups in total. The maximum absolute atomic E-state index is 5.23. The molecule has 2 aromatic heterocycles. The summed E-state index contributed by atoms with van der Waals surface area (Å²) in [6.45, 7) is 17.8. The predicted octanol–water partition coefficient (Wildman–Crippen LogP) is 6.93. The van der Waals surface area contributed by atoms with Crippen LogP contribution in [-0.4, -0.2) is 133 Å². The molecule has 6 heterocycles. The molecule has 5 atom stereocenters. The highest BCUT2D eigenvalue weighted by atomic mass is 15.3. The molecule has 0 amide bonds. The average molecular weight is 863 g/mol. The Kier molecular flexibility index (Phi) is 12.3. The molecule has 10 heteroatoms. The molecular formula is C54H74N10. The van der Waals surface area contributed by atoms with Gasteiger partial charge in [-0.3, -0.25) is 29.6 Å². The molecule has 3 aliphatic carbocycles. The van der Waals surface area contributed by atoms with Crippen molar-refractivity contribution in [3.05, 3.63) is 117 Å². The van der Waals surface area contributed by atoms with Crippen LogP contribution in [0.1, 0.15) is 121 Å². The van der Waals surface area contributed by atoms with E-state index in [-0.39, 0.29) is 0 Å². The van der Waals surface area contributed by atoms with E-state index in [0.717, 1.165) is 104 Å². The first-order chi connectivity index (χ1) is 31.3. The Morgan fingerprint density at radius 1 is 0.641 bits per heavy atom. The van der Waals surface area contributed by atoms with Crippen LogP contribution in [0.4, 0.5) is 11.4 Å². The van der Waals surface area contributed by atoms with E-state index >= 15 is 0 Å². The largest absolute Gasteiger partial charge is 0.369 e. The molecule has 3 fully saturated rings. The number of nitrogens with zero attached hydrogens (tertiary/aromatic N) is 8. The first-order valence-electron chi connectivity index (χ1n) is 25.3. The molecular weight excluding hydrogens is 789 g/mol. The zero-order valence-electron chi connectivity index (χ0n) is 39.3. The summed E-state index contributed by atoms with van der Waals surface area (Å²) in [6.07, 6.45) is 14.8. The van der Waals surface area contributed by atoms with Gasteiger partial charge in [0.1, 0.15) is 0 Å². The maximum atomic E-state index is 5.23. The summed E-state index contributed by atoms with van der Waals surface area (Å²) < 4.78 is 0. The topological polar surface area (TPSA) is 69.3 Å². The number of aromatic nitrogens is 2. The second-order valence-electron chi connectivity index (χ2n) is 21.0. The first kappa shape index (κ1) is 42.7. The van der Waals surface area contributed by atoms with Crippen molar-refractivity contribution < 1.29 is 0 Å². The van der Waals surface area contributed by atoms with E-state index in [9.17, 15) is 0 Å². The Morgan fingerprint density at radius 3 is 2.02 bits per heavy atom. The van der Waals surface area contributed by atoms with Crippen molar-refractivity contribution in [1.29, 1.82) is 0 Å². The second kappa shape index (κ2) is 18.4. The summed E-state index contributed by atoms with van der Waals surface area (Å²) >= 11 is 0. The molecule has 1 saturated carbocycles. The minimum absolute atomic E-state index is 0.313. The van der Waals surface area contributed by atoms with E-state index in [2.05, 4.69) is 123 Å². The molecule has 1 unspecified atom stereocenters. The van der Waals surface area contributed by atoms with E-state index in [1.165, 1.54) is 89.4 Å². The second-order valence-corrected chi connectivity index (χ2v) is 21.0. The van der Waals surface area contributed by atoms with Gasteiger partial charge < -0.3 is 20.4 Å². The van der Waals surface area contributed by atoms with Crippen molar-refractivity contribution in [2.45, 2.75) is 127 Å². The lowest BCUT2D eigenvalue weighted by molar-refractivity contribution is 0.187. The summed E-state index contributed by atoms with van der Waals surface area (Å²) in [6, 6.07) is 24.3. The monoisotopic (exact) mass is 863 g/mol. The van der Waals surface area contributed by atoms with Crippen LogP contribution in [0, 0.1) is 0 Å². The fourth-order valence-corrected chi connectivity index (χ4v) is 12.9. The lowest BCUT2D eigenvalue weighted by atomic mass is 9.77. The van der Waals surface area contributed by atoms with Gasteiger partial charge in [-0.2, -0.15) is 0 Å². The number of benzene rings is 2. The van der Waals surface area contributed by atoms with Crippen molar-refractivity contribution in [3.8, 4) is 0 Å². The molecule has 64 heavy (non-hydrogen) atoms. The van der Waals surface area contributed by atoms with Crippen LogP contribution >= 0.6 is 0 Å². The van der Waals surface area contributed by atoms with Crippen LogP contribution in [-0.2, 0) is 32.4 Å². The third-order valence-corrected chi connectivity index (χ3v) is 16.7. The Hall–Kier alpha value is -3.90. The van der Waals surface area contributed by atoms with Crippen LogP contribution in [0.15, 0.2) is 67.0 Å². The van der Waals surface area contributed by atoms with Crippen molar-refractivity contribution in [3.63, 3.8) is 0 Å². The molecule has 10 nitrogen and oxygen atoms in total. The predicted molar refractivity (Wildman–Crippen MR) is 261 cm³/mol. The van der Waals surface area contributed by atoms with Gasteiger partial charge in [-0.05, 0) is 149 Å². The lowest BCUT2D eigenvalue weighted by Gasteiger charge is -2.42. The SMILES string of the molecule is CC(C)N1CCN(c2cc(C3CC[C@H](N(C)C[C@H]4Cc5c(cccc5N5CCN(C6CC6)CC5)CN4)c4ncccc43)cc3c2C[C@@H](CN(C)[C@H]2CCCc4cccnc42)NC3)CC1. The van der Waals surface area contributed by atoms with E-state index in [1.54, 1.807) is 11.1 Å². The van der Waals surface area contributed by atoms with Gasteiger partial charge in [-0.1, -0.05) is 30.3 Å². The summed E-state index contributed by atoms with van der Waals surface area (Å²) in [5.74, 6) is 0.347. The number of anilines is 2. The molecule has 2 saturated heterocycles. The van der Waals surface area contributed by atoms with Gasteiger partial charge in [0, 0.05) is 132 Å². The number of nitrogens with one attached hydrogen (secondary N) is 2. The summed E-state index contributed by atoms with van der Waals surface area (Å²) in [7, 11) is 4.69. The maximum Gasteiger partial charge on any atom is 0.0613 e. The van der Waals surface area contributed by atoms with Gasteiger partial charge in [-0.25, -0.2) is 0 Å². The third kappa shape index (κ3) is 8.64. The van der Waals surface area contributed by atoms with E-state index in [1.807, 2.05) is 12.4 Å². The van der Waals surface area contributed by atoms with Crippen LogP contribution in [0.3, 0.4) is 0 Å². The van der Waals surface area contributed by atoms with Crippen molar-refractivity contribution in [1.82, 2.24) is 40.2 Å². The highest BCUT2D eigenvalue weighted by Crippen LogP contribution is 2.45. The molecule has 2 aromatic carbocycles. The van der Waals surface area contributed by atoms with E-state index < -0.39 is 0 Å². The number of aryl methyl sites for hydroxylation is 1. The molecule has 340 valence electrons. The minimum Gasteiger partial charge on any atom is -0.369 e. The summed E-state index contributed by atoms with van der Waals surface area (Å²) in [4.78, 5) is 26.2. The number of hydrogen-bond donors (Lipinski definition) is 2. The van der Waals surface area contributed by atoms with Gasteiger partial charge in [0.25, 0.3) is 0 Å². The number of fused-ring (bicyclic) bond motifs is 4. The van der Waals surface area contributed by atoms with Crippen LogP contribution in [0.2, 0.25) is 0 Å². The Bertz CT molecular complexity index is 2260. The van der Waals surface area contributed by atoms with Gasteiger partial charge >= 0.3 is 0 Å². The van der Waals surface area contributed by atoms with Gasteiger partial charge in [0.05, 0.1) is 23.5 Å². The standard InChI is InChI=1S/C54H74N10/c1-37(2)61-21-25-64(26-22-61)52-30-40(29-41-34-58-43(32-48(41)52)35-59(3)50-14-5-9-38-11-7-19-55-53(38)50)45-17-18-51(54-46(45)12-8-20-56-54)60(4)36-42-31-47-39(33-57-42)10-6-13-49(47)63-27-23-62(24-28-63)44-15-16-44/h6-8,10-13,19-20,29-30,37,42-45,50-51,57-58H,5,9,14-18,21-28,31-36H2,1-4H3/t42-,43+,45?,50+,51+/m1/s1. The lowest BCUT2D eigenvalue weighted by Crippen LogP contribution is -2.50. The highest BCUT2D eigenvalue weighted by molar-refractivity contribution is 5.62. The van der Waals surface area contributed by atoms with Gasteiger partial charge in [0.15, 0.2) is 0 Å². The van der Waals surface area contributed by atoms with Gasteiger partial charge in [-0.15, -0.1) is 0 Å². The quantitative estimate of drug-likeness (QED) is 0.166. The van der Waals surface area contributed by atoms with Gasteiger partial charge in [0.2, 0.25) is 0 Å². The highest BCUT2D eigenvalue weighted by Gasteiger charge is 2.37. The van der Waals surface area contributed by atoms with Crippen LogP contribution < -0.4 is 20.4 Å². The number of rotatable bonds is 11. The van der Waals surface area contributed by atoms with Crippen LogP contribution in [0.5, 0.6) is 0 Å². The number of piperazine rings is 2. The zero-order valence-corrected chi connectivity index (χ0v) is 39.3. The Labute approximate surface area is 383 Å². The molecule has 11 rings (SSSR count). The molecule has 0 radical (unpaired) electrons. The fourth-order valence-electron chi connectivity index (χ4n) is 12.9. The third-order valence-electron chi connectivity index (χ3n) is 16.7. The summed E-state index contributed by atoms with van der Waals surface area (Å²) in [5.41, 5.74) is 16.1. The zero-order chi connectivity index (χ0) is 43.3. The molecule has 0 bridgehead atoms. The normalized spacial score (nSPS) is 26.5. The van der Waals surface area contributed by atoms with Crippen molar-refractivity contribution in [2.75, 3.05) is 89.3 Å². The Balaban J connectivity index is 0.815.